The van der Waals surface area contributed by atoms with Crippen molar-refractivity contribution in [3.8, 4) is 11.1 Å². The van der Waals surface area contributed by atoms with E-state index in [2.05, 4.69) is 20.2 Å². The van der Waals surface area contributed by atoms with Crippen molar-refractivity contribution in [1.82, 2.24) is 20.2 Å². The third-order valence-electron chi connectivity index (χ3n) is 7.27. The Hall–Kier alpha value is -2.98. The maximum atomic E-state index is 13.7. The molecule has 1 aliphatic rings. The number of hydrogen-bond donors (Lipinski definition) is 2. The van der Waals surface area contributed by atoms with Gasteiger partial charge in [-0.1, -0.05) is 49.7 Å². The number of benzene rings is 2. The van der Waals surface area contributed by atoms with E-state index >= 15 is 0 Å². The highest BCUT2D eigenvalue weighted by atomic mass is 35.5. The lowest BCUT2D eigenvalue weighted by atomic mass is 9.96. The average molecular weight is 643 g/mol. The number of amides is 1. The standard InChI is InChI=1S/C30H31ClF3N5O.2ClH/c1-19(2)36-18-26(20-6-8-23(31)9-7-20)29(40)39-14-12-38(13-15-39)27-24-10-11-35-28(24)37-17-25(27)21-4-3-5-22(16-21)30(32,33)34;;/h3-11,16-17,19,26,36H,12-15,18H2,1-2H3,(H,35,37);2*1H/t26-;;/m1../s1. The zero-order valence-electron chi connectivity index (χ0n) is 23.1. The summed E-state index contributed by atoms with van der Waals surface area (Å²) in [5.41, 5.74) is 2.74. The number of aromatic amines is 1. The molecule has 1 aliphatic heterocycles. The minimum absolute atomic E-state index is 0. The highest BCUT2D eigenvalue weighted by Crippen LogP contribution is 2.39. The van der Waals surface area contributed by atoms with Gasteiger partial charge in [-0.2, -0.15) is 13.2 Å². The molecule has 1 atom stereocenters. The number of carbonyl (C=O) groups is 1. The summed E-state index contributed by atoms with van der Waals surface area (Å²) in [6.07, 6.45) is -1.05. The van der Waals surface area contributed by atoms with Crippen molar-refractivity contribution in [2.24, 2.45) is 0 Å². The lowest BCUT2D eigenvalue weighted by Crippen LogP contribution is -2.51. The number of fused-ring (bicyclic) bond motifs is 1. The van der Waals surface area contributed by atoms with Crippen molar-refractivity contribution >= 4 is 59.0 Å². The third kappa shape index (κ3) is 7.32. The molecule has 2 aromatic heterocycles. The van der Waals surface area contributed by atoms with Gasteiger partial charge in [0.1, 0.15) is 5.65 Å². The SMILES string of the molecule is CC(C)NC[C@@H](C(=O)N1CCN(c2c(-c3cccc(C(F)(F)F)c3)cnc3[nH]ccc23)CC1)c1ccc(Cl)cc1.Cl.Cl. The average Bonchev–Trinajstić information content (AvgIpc) is 3.42. The first-order valence-corrected chi connectivity index (χ1v) is 13.7. The second kappa shape index (κ2) is 14.0. The topological polar surface area (TPSA) is 64.3 Å². The highest BCUT2D eigenvalue weighted by Gasteiger charge is 2.32. The minimum atomic E-state index is -4.45. The Morgan fingerprint density at radius 1 is 1.05 bits per heavy atom. The van der Waals surface area contributed by atoms with Gasteiger partial charge >= 0.3 is 6.18 Å². The predicted molar refractivity (Wildman–Crippen MR) is 167 cm³/mol. The first-order valence-electron chi connectivity index (χ1n) is 13.3. The molecular weight excluding hydrogens is 610 g/mol. The lowest BCUT2D eigenvalue weighted by molar-refractivity contribution is -0.137. The molecule has 5 rings (SSSR count). The van der Waals surface area contributed by atoms with Crippen LogP contribution in [0, 0.1) is 0 Å². The molecule has 0 aliphatic carbocycles. The summed E-state index contributed by atoms with van der Waals surface area (Å²) in [7, 11) is 0. The molecule has 0 unspecified atom stereocenters. The van der Waals surface area contributed by atoms with Crippen LogP contribution in [-0.4, -0.2) is 59.5 Å². The van der Waals surface area contributed by atoms with E-state index in [1.807, 2.05) is 36.9 Å². The second-order valence-electron chi connectivity index (χ2n) is 10.3. The summed E-state index contributed by atoms with van der Waals surface area (Å²) in [4.78, 5) is 25.3. The van der Waals surface area contributed by atoms with E-state index in [0.717, 1.165) is 28.8 Å². The van der Waals surface area contributed by atoms with Crippen LogP contribution in [0.2, 0.25) is 5.02 Å². The van der Waals surface area contributed by atoms with E-state index in [4.69, 9.17) is 11.6 Å². The van der Waals surface area contributed by atoms with Crippen molar-refractivity contribution < 1.29 is 18.0 Å². The molecule has 42 heavy (non-hydrogen) atoms. The number of aromatic nitrogens is 2. The summed E-state index contributed by atoms with van der Waals surface area (Å²) in [5, 5.41) is 4.83. The monoisotopic (exact) mass is 641 g/mol. The summed E-state index contributed by atoms with van der Waals surface area (Å²) in [5.74, 6) is -0.320. The zero-order chi connectivity index (χ0) is 28.4. The van der Waals surface area contributed by atoms with Crippen LogP contribution in [0.4, 0.5) is 18.9 Å². The molecule has 0 bridgehead atoms. The number of alkyl halides is 3. The molecule has 4 aromatic rings. The van der Waals surface area contributed by atoms with Crippen LogP contribution in [0.5, 0.6) is 0 Å². The zero-order valence-corrected chi connectivity index (χ0v) is 25.5. The number of hydrogen-bond acceptors (Lipinski definition) is 4. The van der Waals surface area contributed by atoms with Gasteiger partial charge in [0.15, 0.2) is 0 Å². The summed E-state index contributed by atoms with van der Waals surface area (Å²) in [6, 6.07) is 14.8. The van der Waals surface area contributed by atoms with Gasteiger partial charge in [-0.05, 0) is 41.5 Å². The maximum Gasteiger partial charge on any atom is 0.416 e. The van der Waals surface area contributed by atoms with E-state index in [0.29, 0.717) is 54.5 Å². The fourth-order valence-electron chi connectivity index (χ4n) is 5.18. The van der Waals surface area contributed by atoms with E-state index in [-0.39, 0.29) is 42.7 Å². The molecule has 1 fully saturated rings. The Balaban J connectivity index is 0.00000242. The highest BCUT2D eigenvalue weighted by molar-refractivity contribution is 6.30. The number of H-pyrrole nitrogens is 1. The van der Waals surface area contributed by atoms with Crippen molar-refractivity contribution in [3.63, 3.8) is 0 Å². The molecule has 2 aromatic carbocycles. The Kier molecular flexibility index (Phi) is 11.2. The van der Waals surface area contributed by atoms with Crippen LogP contribution in [0.3, 0.4) is 0 Å². The number of halogens is 6. The number of nitrogens with one attached hydrogen (secondary N) is 2. The molecule has 12 heteroatoms. The van der Waals surface area contributed by atoms with E-state index in [1.54, 1.807) is 30.6 Å². The van der Waals surface area contributed by atoms with Crippen molar-refractivity contribution in [3.05, 3.63) is 83.1 Å². The maximum absolute atomic E-state index is 13.7. The van der Waals surface area contributed by atoms with Crippen LogP contribution in [0.15, 0.2) is 67.0 Å². The Labute approximate surface area is 260 Å². The van der Waals surface area contributed by atoms with E-state index in [1.165, 1.54) is 6.07 Å². The van der Waals surface area contributed by atoms with Gasteiger partial charge in [0, 0.05) is 67.1 Å². The fourth-order valence-corrected chi connectivity index (χ4v) is 5.30. The summed E-state index contributed by atoms with van der Waals surface area (Å²) < 4.78 is 40.5. The number of nitrogens with zero attached hydrogens (tertiary/aromatic N) is 3. The number of piperazine rings is 1. The van der Waals surface area contributed by atoms with Crippen LogP contribution in [0.25, 0.3) is 22.2 Å². The lowest BCUT2D eigenvalue weighted by Gasteiger charge is -2.38. The van der Waals surface area contributed by atoms with E-state index in [9.17, 15) is 18.0 Å². The van der Waals surface area contributed by atoms with Gasteiger partial charge in [0.05, 0.1) is 17.2 Å². The normalized spacial score (nSPS) is 14.5. The number of rotatable bonds is 7. The van der Waals surface area contributed by atoms with Crippen LogP contribution in [0.1, 0.15) is 30.9 Å². The molecular formula is C30H33Cl3F3N5O. The van der Waals surface area contributed by atoms with Crippen LogP contribution in [-0.2, 0) is 11.0 Å². The summed E-state index contributed by atoms with van der Waals surface area (Å²) >= 11 is 6.09. The minimum Gasteiger partial charge on any atom is -0.367 e. The third-order valence-corrected chi connectivity index (χ3v) is 7.52. The molecule has 226 valence electrons. The molecule has 1 amide bonds. The van der Waals surface area contributed by atoms with Crippen molar-refractivity contribution in [1.29, 1.82) is 0 Å². The number of anilines is 1. The fraction of sp³-hybridized carbons (Fsp3) is 0.333. The molecule has 1 saturated heterocycles. The van der Waals surface area contributed by atoms with E-state index < -0.39 is 11.7 Å². The van der Waals surface area contributed by atoms with Crippen LogP contribution >= 0.6 is 36.4 Å². The van der Waals surface area contributed by atoms with Gasteiger partial charge in [0.2, 0.25) is 5.91 Å². The van der Waals surface area contributed by atoms with Crippen LogP contribution < -0.4 is 10.2 Å². The molecule has 6 nitrogen and oxygen atoms in total. The van der Waals surface area contributed by atoms with Crippen molar-refractivity contribution in [2.45, 2.75) is 32.0 Å². The number of carbonyl (C=O) groups excluding carboxylic acids is 1. The molecule has 3 heterocycles. The first-order chi connectivity index (χ1) is 19.1. The Bertz CT molecular complexity index is 1490. The van der Waals surface area contributed by atoms with Gasteiger partial charge in [-0.3, -0.25) is 4.79 Å². The Morgan fingerprint density at radius 2 is 1.74 bits per heavy atom. The quantitative estimate of drug-likeness (QED) is 0.224. The van der Waals surface area contributed by atoms with Crippen molar-refractivity contribution in [2.75, 3.05) is 37.6 Å². The number of pyridine rings is 1. The largest absolute Gasteiger partial charge is 0.416 e. The molecule has 0 radical (unpaired) electrons. The smallest absolute Gasteiger partial charge is 0.367 e. The van der Waals surface area contributed by atoms with Gasteiger partial charge in [0.25, 0.3) is 0 Å². The second-order valence-corrected chi connectivity index (χ2v) is 10.8. The first kappa shape index (κ1) is 33.5. The predicted octanol–water partition coefficient (Wildman–Crippen LogP) is 7.18. The van der Waals surface area contributed by atoms with Gasteiger partial charge in [-0.25, -0.2) is 4.98 Å². The molecule has 0 spiro atoms. The molecule has 2 N–H and O–H groups in total. The molecule has 0 saturated carbocycles. The van der Waals surface area contributed by atoms with Gasteiger partial charge < -0.3 is 20.1 Å². The Morgan fingerprint density at radius 3 is 2.38 bits per heavy atom. The summed E-state index contributed by atoms with van der Waals surface area (Å²) in [6.45, 7) is 6.63. The van der Waals surface area contributed by atoms with Gasteiger partial charge in [-0.15, -0.1) is 24.8 Å².